The highest BCUT2D eigenvalue weighted by atomic mass is 32.2. The van der Waals surface area contributed by atoms with Gasteiger partial charge in [-0.15, -0.1) is 0 Å². The maximum atomic E-state index is 2.48. The van der Waals surface area contributed by atoms with Crippen LogP contribution >= 0.6 is 11.8 Å². The van der Waals surface area contributed by atoms with Gasteiger partial charge >= 0.3 is 0 Å². The Labute approximate surface area is 272 Å². The van der Waals surface area contributed by atoms with Gasteiger partial charge in [0.15, 0.2) is 0 Å². The number of fused-ring (bicyclic) bond motifs is 13. The van der Waals surface area contributed by atoms with Crippen LogP contribution in [0.5, 0.6) is 0 Å². The van der Waals surface area contributed by atoms with Gasteiger partial charge in [0.25, 0.3) is 0 Å². The molecule has 0 radical (unpaired) electrons. The van der Waals surface area contributed by atoms with Crippen molar-refractivity contribution in [2.24, 2.45) is 0 Å². The van der Waals surface area contributed by atoms with Crippen molar-refractivity contribution in [3.63, 3.8) is 0 Å². The minimum absolute atomic E-state index is 0.348. The summed E-state index contributed by atoms with van der Waals surface area (Å²) in [6.07, 6.45) is 0. The SMILES string of the molecule is c1ccc2c(c1)Sc1c(-c3ccc4c(c3)-c3ccccc3C43c4ccccc4-c4cc5ccccc5cc43)ccc3cccc-2c13. The van der Waals surface area contributed by atoms with E-state index < -0.39 is 0 Å². The van der Waals surface area contributed by atoms with Crippen molar-refractivity contribution in [2.75, 3.05) is 0 Å². The highest BCUT2D eigenvalue weighted by Crippen LogP contribution is 2.63. The maximum Gasteiger partial charge on any atom is 0.0725 e. The molecule has 8 aromatic carbocycles. The molecular formula is C45H26S. The van der Waals surface area contributed by atoms with Crippen molar-refractivity contribution >= 4 is 33.3 Å². The zero-order valence-electron chi connectivity index (χ0n) is 24.9. The van der Waals surface area contributed by atoms with E-state index in [1.54, 1.807) is 0 Å². The summed E-state index contributed by atoms with van der Waals surface area (Å²) in [5, 5.41) is 5.25. The van der Waals surface area contributed by atoms with E-state index in [1.165, 1.54) is 98.1 Å². The summed E-state index contributed by atoms with van der Waals surface area (Å²) in [4.78, 5) is 2.68. The van der Waals surface area contributed by atoms with E-state index in [4.69, 9.17) is 0 Å². The van der Waals surface area contributed by atoms with Crippen LogP contribution in [0.1, 0.15) is 22.3 Å². The first-order chi connectivity index (χ1) is 22.8. The van der Waals surface area contributed by atoms with Gasteiger partial charge in [-0.25, -0.2) is 0 Å². The van der Waals surface area contributed by atoms with Crippen LogP contribution in [0.3, 0.4) is 0 Å². The molecule has 8 aromatic rings. The molecule has 0 saturated carbocycles. The van der Waals surface area contributed by atoms with E-state index in [0.717, 1.165) is 0 Å². The van der Waals surface area contributed by atoms with Crippen LogP contribution in [0.15, 0.2) is 168 Å². The third-order valence-electron chi connectivity index (χ3n) is 10.7. The Bertz CT molecular complexity index is 2630. The molecule has 212 valence electrons. The van der Waals surface area contributed by atoms with Gasteiger partial charge in [-0.1, -0.05) is 145 Å². The average molecular weight is 599 g/mol. The third-order valence-corrected chi connectivity index (χ3v) is 11.9. The fourth-order valence-electron chi connectivity index (χ4n) is 8.79. The largest absolute Gasteiger partial charge is 0.0881 e. The van der Waals surface area contributed by atoms with Gasteiger partial charge in [0, 0.05) is 15.2 Å². The molecule has 1 heterocycles. The van der Waals surface area contributed by atoms with Crippen LogP contribution in [-0.4, -0.2) is 0 Å². The van der Waals surface area contributed by atoms with Crippen molar-refractivity contribution in [3.8, 4) is 44.5 Å². The summed E-state index contributed by atoms with van der Waals surface area (Å²) in [5.41, 5.74) is 15.8. The Morgan fingerprint density at radius 1 is 0.348 bits per heavy atom. The minimum atomic E-state index is -0.348. The first-order valence-corrected chi connectivity index (χ1v) is 16.8. The first kappa shape index (κ1) is 24.9. The predicted molar refractivity (Wildman–Crippen MR) is 193 cm³/mol. The molecule has 2 aliphatic carbocycles. The van der Waals surface area contributed by atoms with Crippen molar-refractivity contribution < 1.29 is 0 Å². The van der Waals surface area contributed by atoms with Gasteiger partial charge < -0.3 is 0 Å². The second-order valence-corrected chi connectivity index (χ2v) is 13.8. The molecule has 0 fully saturated rings. The fraction of sp³-hybridized carbons (Fsp3) is 0.0222. The molecule has 1 atom stereocenters. The standard InChI is InChI=1S/C45H26S/c1-2-11-29-26-41-37(24-28(29)10-1)33-14-4-7-18-39(33)45(41)38-17-6-3-13-32(38)36-25-30(21-23-40(36)45)31-22-20-27-12-9-16-35-34-15-5-8-19-42(34)46-44(31)43(27)35/h1-26H. The quantitative estimate of drug-likeness (QED) is 0.181. The van der Waals surface area contributed by atoms with Gasteiger partial charge in [0.2, 0.25) is 0 Å². The van der Waals surface area contributed by atoms with Crippen LogP contribution in [0.2, 0.25) is 0 Å². The smallest absolute Gasteiger partial charge is 0.0725 e. The summed E-state index contributed by atoms with van der Waals surface area (Å²) in [6.45, 7) is 0. The lowest BCUT2D eigenvalue weighted by Gasteiger charge is -2.30. The molecular weight excluding hydrogens is 573 g/mol. The van der Waals surface area contributed by atoms with Crippen molar-refractivity contribution in [3.05, 3.63) is 180 Å². The second kappa shape index (κ2) is 8.88. The lowest BCUT2D eigenvalue weighted by Crippen LogP contribution is -2.25. The van der Waals surface area contributed by atoms with Gasteiger partial charge in [0.1, 0.15) is 0 Å². The molecule has 1 heteroatoms. The lowest BCUT2D eigenvalue weighted by molar-refractivity contribution is 0.795. The highest BCUT2D eigenvalue weighted by molar-refractivity contribution is 8.00. The molecule has 11 rings (SSSR count). The van der Waals surface area contributed by atoms with E-state index in [2.05, 4.69) is 158 Å². The Kier molecular flexibility index (Phi) is 4.80. The van der Waals surface area contributed by atoms with E-state index in [0.29, 0.717) is 0 Å². The summed E-state index contributed by atoms with van der Waals surface area (Å²) in [5.74, 6) is 0. The minimum Gasteiger partial charge on any atom is -0.0881 e. The maximum absolute atomic E-state index is 2.48. The molecule has 46 heavy (non-hydrogen) atoms. The lowest BCUT2D eigenvalue weighted by atomic mass is 9.70. The number of benzene rings is 8. The van der Waals surface area contributed by atoms with Crippen LogP contribution in [-0.2, 0) is 5.41 Å². The van der Waals surface area contributed by atoms with Crippen LogP contribution < -0.4 is 0 Å². The van der Waals surface area contributed by atoms with Gasteiger partial charge in [-0.2, -0.15) is 0 Å². The van der Waals surface area contributed by atoms with Gasteiger partial charge in [-0.3, -0.25) is 0 Å². The number of hydrogen-bond acceptors (Lipinski definition) is 1. The number of rotatable bonds is 1. The first-order valence-electron chi connectivity index (χ1n) is 16.0. The highest BCUT2D eigenvalue weighted by Gasteiger charge is 2.51. The molecule has 0 bridgehead atoms. The van der Waals surface area contributed by atoms with E-state index in [-0.39, 0.29) is 5.41 Å². The molecule has 0 aromatic heterocycles. The monoisotopic (exact) mass is 598 g/mol. The second-order valence-electron chi connectivity index (χ2n) is 12.8. The third kappa shape index (κ3) is 3.02. The molecule has 0 saturated heterocycles. The van der Waals surface area contributed by atoms with Crippen molar-refractivity contribution in [1.29, 1.82) is 0 Å². The Hall–Kier alpha value is -5.37. The summed E-state index contributed by atoms with van der Waals surface area (Å²) in [7, 11) is 0. The molecule has 1 spiro atoms. The Morgan fingerprint density at radius 3 is 1.76 bits per heavy atom. The zero-order chi connectivity index (χ0) is 30.0. The van der Waals surface area contributed by atoms with E-state index in [1.807, 2.05) is 11.8 Å². The molecule has 0 nitrogen and oxygen atoms in total. The molecule has 1 aliphatic heterocycles. The molecule has 0 N–H and O–H groups in total. The summed E-state index contributed by atoms with van der Waals surface area (Å²) >= 11 is 1.92. The number of hydrogen-bond donors (Lipinski definition) is 0. The van der Waals surface area contributed by atoms with Crippen LogP contribution in [0.4, 0.5) is 0 Å². The summed E-state index contributed by atoms with van der Waals surface area (Å²) < 4.78 is 0. The van der Waals surface area contributed by atoms with E-state index in [9.17, 15) is 0 Å². The topological polar surface area (TPSA) is 0 Å². The fourth-order valence-corrected chi connectivity index (χ4v) is 10.1. The van der Waals surface area contributed by atoms with Gasteiger partial charge in [-0.05, 0) is 107 Å². The predicted octanol–water partition coefficient (Wildman–Crippen LogP) is 12.1. The van der Waals surface area contributed by atoms with Crippen molar-refractivity contribution in [1.82, 2.24) is 0 Å². The summed E-state index contributed by atoms with van der Waals surface area (Å²) in [6, 6.07) is 59.4. The van der Waals surface area contributed by atoms with Crippen molar-refractivity contribution in [2.45, 2.75) is 15.2 Å². The van der Waals surface area contributed by atoms with Crippen LogP contribution in [0, 0.1) is 0 Å². The normalized spacial score (nSPS) is 16.3. The van der Waals surface area contributed by atoms with E-state index >= 15 is 0 Å². The average Bonchev–Trinajstić information content (AvgIpc) is 3.57. The van der Waals surface area contributed by atoms with Crippen LogP contribution in [0.25, 0.3) is 66.1 Å². The molecule has 3 aliphatic rings. The Morgan fingerprint density at radius 2 is 0.957 bits per heavy atom. The van der Waals surface area contributed by atoms with Gasteiger partial charge in [0.05, 0.1) is 5.41 Å². The zero-order valence-corrected chi connectivity index (χ0v) is 25.7. The Balaban J connectivity index is 1.20. The molecule has 1 unspecified atom stereocenters. The molecule has 0 amide bonds.